The summed E-state index contributed by atoms with van der Waals surface area (Å²) >= 11 is 0. The molecule has 1 N–H and O–H groups in total. The first kappa shape index (κ1) is 23.2. The molecule has 2 heterocycles. The van der Waals surface area contributed by atoms with E-state index in [2.05, 4.69) is 11.8 Å². The number of likely N-dealkylation sites (tertiary alicyclic amines) is 1. The van der Waals surface area contributed by atoms with Crippen LogP contribution in [0.2, 0.25) is 0 Å². The average Bonchev–Trinajstić information content (AvgIpc) is 3.09. The van der Waals surface area contributed by atoms with Crippen LogP contribution in [0.3, 0.4) is 0 Å². The van der Waals surface area contributed by atoms with E-state index in [1.54, 1.807) is 4.90 Å². The largest absolute Gasteiger partial charge is 0.507 e. The van der Waals surface area contributed by atoms with E-state index < -0.39 is 17.7 Å². The van der Waals surface area contributed by atoms with Crippen LogP contribution in [0, 0.1) is 13.8 Å². The van der Waals surface area contributed by atoms with Gasteiger partial charge in [0.15, 0.2) is 0 Å². The smallest absolute Gasteiger partial charge is 0.295 e. The first-order chi connectivity index (χ1) is 15.9. The zero-order valence-electron chi connectivity index (χ0n) is 19.6. The highest BCUT2D eigenvalue weighted by molar-refractivity contribution is 6.46. The van der Waals surface area contributed by atoms with Gasteiger partial charge in [-0.15, -0.1) is 0 Å². The molecule has 0 aromatic heterocycles. The fourth-order valence-electron chi connectivity index (χ4n) is 4.60. The molecule has 2 saturated heterocycles. The van der Waals surface area contributed by atoms with Crippen LogP contribution in [0.4, 0.5) is 0 Å². The molecular formula is C27H32N2O4. The maximum atomic E-state index is 13.2. The normalized spacial score (nSPS) is 21.1. The Morgan fingerprint density at radius 1 is 1.03 bits per heavy atom. The lowest BCUT2D eigenvalue weighted by molar-refractivity contribution is -0.140. The predicted octanol–water partition coefficient (Wildman–Crippen LogP) is 3.62. The number of amides is 1. The Kier molecular flexibility index (Phi) is 6.96. The average molecular weight is 449 g/mol. The van der Waals surface area contributed by atoms with E-state index in [-0.39, 0.29) is 11.3 Å². The topological polar surface area (TPSA) is 70.1 Å². The zero-order valence-corrected chi connectivity index (χ0v) is 19.6. The van der Waals surface area contributed by atoms with Crippen LogP contribution in [0.5, 0.6) is 0 Å². The summed E-state index contributed by atoms with van der Waals surface area (Å²) in [6.45, 7) is 9.96. The van der Waals surface area contributed by atoms with E-state index in [0.717, 1.165) is 36.2 Å². The van der Waals surface area contributed by atoms with Gasteiger partial charge in [0.25, 0.3) is 11.7 Å². The molecule has 0 spiro atoms. The number of ether oxygens (including phenoxy) is 1. The lowest BCUT2D eigenvalue weighted by Crippen LogP contribution is -2.42. The number of rotatable bonds is 6. The van der Waals surface area contributed by atoms with E-state index in [0.29, 0.717) is 31.9 Å². The van der Waals surface area contributed by atoms with Crippen molar-refractivity contribution >= 4 is 17.4 Å². The number of Topliss-reactive ketones (excluding diaryl/α,β-unsaturated/α-hetero) is 1. The molecule has 2 aliphatic rings. The minimum absolute atomic E-state index is 0.104. The fourth-order valence-corrected chi connectivity index (χ4v) is 4.60. The second-order valence-corrected chi connectivity index (χ2v) is 8.86. The van der Waals surface area contributed by atoms with Crippen molar-refractivity contribution < 1.29 is 19.4 Å². The van der Waals surface area contributed by atoms with Gasteiger partial charge in [-0.2, -0.15) is 0 Å². The number of carbonyl (C=O) groups excluding carboxylic acids is 2. The van der Waals surface area contributed by atoms with Crippen LogP contribution in [0.15, 0.2) is 48.0 Å². The van der Waals surface area contributed by atoms with Crippen molar-refractivity contribution in [3.8, 4) is 0 Å². The van der Waals surface area contributed by atoms with Crippen LogP contribution in [-0.2, 0) is 20.7 Å². The first-order valence-electron chi connectivity index (χ1n) is 11.7. The van der Waals surface area contributed by atoms with Gasteiger partial charge in [-0.1, -0.05) is 48.9 Å². The second kappa shape index (κ2) is 9.89. The first-order valence-corrected chi connectivity index (χ1v) is 11.7. The van der Waals surface area contributed by atoms with Crippen molar-refractivity contribution in [2.75, 3.05) is 39.4 Å². The molecule has 1 atom stereocenters. The Morgan fingerprint density at radius 3 is 2.39 bits per heavy atom. The molecule has 1 amide bonds. The zero-order chi connectivity index (χ0) is 23.5. The number of aliphatic hydroxyl groups is 1. The van der Waals surface area contributed by atoms with E-state index >= 15 is 0 Å². The molecule has 0 radical (unpaired) electrons. The Hall–Kier alpha value is -2.96. The molecule has 0 bridgehead atoms. The van der Waals surface area contributed by atoms with Crippen molar-refractivity contribution in [1.29, 1.82) is 0 Å². The highest BCUT2D eigenvalue weighted by atomic mass is 16.5. The Balaban J connectivity index is 1.76. The number of nitrogens with zero attached hydrogens (tertiary/aromatic N) is 2. The Morgan fingerprint density at radius 2 is 1.73 bits per heavy atom. The standard InChI is InChI=1S/C27H32N2O4/c1-4-20-7-9-21(10-8-20)24-23(25(30)22-17-18(2)5-6-19(22)3)26(31)27(32)29(24)12-11-28-13-15-33-16-14-28/h5-10,17,24,30H,4,11-16H2,1-3H3. The van der Waals surface area contributed by atoms with Crippen molar-refractivity contribution in [3.05, 3.63) is 75.9 Å². The minimum atomic E-state index is -0.625. The highest BCUT2D eigenvalue weighted by Gasteiger charge is 2.46. The van der Waals surface area contributed by atoms with E-state index in [4.69, 9.17) is 4.74 Å². The fraction of sp³-hybridized carbons (Fsp3) is 0.407. The van der Waals surface area contributed by atoms with Crippen LogP contribution >= 0.6 is 0 Å². The van der Waals surface area contributed by atoms with Gasteiger partial charge in [0.05, 0.1) is 24.8 Å². The van der Waals surface area contributed by atoms with Gasteiger partial charge < -0.3 is 14.7 Å². The van der Waals surface area contributed by atoms with Crippen LogP contribution in [0.1, 0.15) is 40.8 Å². The van der Waals surface area contributed by atoms with E-state index in [9.17, 15) is 14.7 Å². The van der Waals surface area contributed by atoms with Crippen molar-refractivity contribution in [3.63, 3.8) is 0 Å². The summed E-state index contributed by atoms with van der Waals surface area (Å²) in [4.78, 5) is 30.3. The summed E-state index contributed by atoms with van der Waals surface area (Å²) in [5.41, 5.74) is 4.61. The third-order valence-corrected chi connectivity index (χ3v) is 6.65. The molecule has 6 heteroatoms. The molecule has 0 aliphatic carbocycles. The minimum Gasteiger partial charge on any atom is -0.507 e. The number of ketones is 1. The monoisotopic (exact) mass is 448 g/mol. The number of carbonyl (C=O) groups is 2. The van der Waals surface area contributed by atoms with Crippen molar-refractivity contribution in [1.82, 2.24) is 9.80 Å². The maximum Gasteiger partial charge on any atom is 0.295 e. The van der Waals surface area contributed by atoms with Crippen LogP contribution in [0.25, 0.3) is 5.76 Å². The number of hydrogen-bond donors (Lipinski definition) is 1. The molecule has 2 aromatic rings. The molecule has 4 rings (SSSR count). The number of benzene rings is 2. The highest BCUT2D eigenvalue weighted by Crippen LogP contribution is 2.40. The van der Waals surface area contributed by atoms with Gasteiger partial charge in [0.1, 0.15) is 5.76 Å². The van der Waals surface area contributed by atoms with Crippen molar-refractivity contribution in [2.45, 2.75) is 33.2 Å². The van der Waals surface area contributed by atoms with Crippen molar-refractivity contribution in [2.24, 2.45) is 0 Å². The predicted molar refractivity (Wildman–Crippen MR) is 128 cm³/mol. The molecule has 2 fully saturated rings. The number of morpholine rings is 1. The van der Waals surface area contributed by atoms with Gasteiger partial charge in [-0.3, -0.25) is 14.5 Å². The molecule has 6 nitrogen and oxygen atoms in total. The van der Waals surface area contributed by atoms with Gasteiger partial charge in [-0.25, -0.2) is 0 Å². The van der Waals surface area contributed by atoms with Crippen LogP contribution < -0.4 is 0 Å². The molecule has 2 aromatic carbocycles. The van der Waals surface area contributed by atoms with Crippen LogP contribution in [-0.4, -0.2) is 66.0 Å². The second-order valence-electron chi connectivity index (χ2n) is 8.86. The summed E-state index contributed by atoms with van der Waals surface area (Å²) in [5.74, 6) is -1.28. The SMILES string of the molecule is CCc1ccc(C2C(=C(O)c3cc(C)ccc3C)C(=O)C(=O)N2CCN2CCOCC2)cc1. The van der Waals surface area contributed by atoms with Gasteiger partial charge in [-0.05, 0) is 43.0 Å². The summed E-state index contributed by atoms with van der Waals surface area (Å²) in [6, 6.07) is 13.1. The molecule has 174 valence electrons. The van der Waals surface area contributed by atoms with E-state index in [1.165, 1.54) is 5.56 Å². The Labute approximate surface area is 195 Å². The third-order valence-electron chi connectivity index (χ3n) is 6.65. The summed E-state index contributed by atoms with van der Waals surface area (Å²) < 4.78 is 5.42. The van der Waals surface area contributed by atoms with Gasteiger partial charge in [0, 0.05) is 31.7 Å². The molecule has 1 unspecified atom stereocenters. The third kappa shape index (κ3) is 4.72. The Bertz CT molecular complexity index is 1070. The summed E-state index contributed by atoms with van der Waals surface area (Å²) in [7, 11) is 0. The van der Waals surface area contributed by atoms with Gasteiger partial charge >= 0.3 is 0 Å². The number of aliphatic hydroxyl groups excluding tert-OH is 1. The molecule has 0 saturated carbocycles. The molecule has 2 aliphatic heterocycles. The summed E-state index contributed by atoms with van der Waals surface area (Å²) in [6.07, 6.45) is 0.903. The van der Waals surface area contributed by atoms with Gasteiger partial charge in [0.2, 0.25) is 0 Å². The molecular weight excluding hydrogens is 416 g/mol. The number of aryl methyl sites for hydroxylation is 3. The molecule has 33 heavy (non-hydrogen) atoms. The lowest BCUT2D eigenvalue weighted by Gasteiger charge is -2.31. The quantitative estimate of drug-likeness (QED) is 0.415. The lowest BCUT2D eigenvalue weighted by atomic mass is 9.92. The number of hydrogen-bond acceptors (Lipinski definition) is 5. The maximum absolute atomic E-state index is 13.2. The summed E-state index contributed by atoms with van der Waals surface area (Å²) in [5, 5.41) is 11.3. The van der Waals surface area contributed by atoms with E-state index in [1.807, 2.05) is 56.3 Å².